The van der Waals surface area contributed by atoms with Crippen LogP contribution >= 0.6 is 27.5 Å². The minimum absolute atomic E-state index is 0.123. The molecule has 7 nitrogen and oxygen atoms in total. The molecule has 1 fully saturated rings. The molecule has 0 radical (unpaired) electrons. The number of nitrogens with one attached hydrogen (secondary N) is 1. The third-order valence-corrected chi connectivity index (χ3v) is 6.24. The Labute approximate surface area is 200 Å². The molecular formula is C23H24BrClN2O5. The Hall–Kier alpha value is -2.58. The van der Waals surface area contributed by atoms with Gasteiger partial charge in [0.05, 0.1) is 7.11 Å². The molecule has 1 N–H and O–H groups in total. The molecule has 3 rings (SSSR count). The van der Waals surface area contributed by atoms with E-state index in [0.717, 1.165) is 15.6 Å². The van der Waals surface area contributed by atoms with E-state index < -0.39 is 30.1 Å². The van der Waals surface area contributed by atoms with Gasteiger partial charge in [0.15, 0.2) is 0 Å². The largest absolute Gasteiger partial charge is 0.467 e. The van der Waals surface area contributed by atoms with Crippen molar-refractivity contribution in [2.45, 2.75) is 38.0 Å². The van der Waals surface area contributed by atoms with Crippen molar-refractivity contribution in [2.75, 3.05) is 13.7 Å². The minimum atomic E-state index is -0.926. The van der Waals surface area contributed by atoms with Crippen molar-refractivity contribution in [1.82, 2.24) is 10.2 Å². The highest BCUT2D eigenvalue weighted by Gasteiger charge is 2.37. The van der Waals surface area contributed by atoms with Crippen LogP contribution in [0.3, 0.4) is 0 Å². The van der Waals surface area contributed by atoms with Gasteiger partial charge in [0, 0.05) is 22.5 Å². The number of methoxy groups -OCH3 is 1. The van der Waals surface area contributed by atoms with Crippen LogP contribution in [0.25, 0.3) is 0 Å². The predicted molar refractivity (Wildman–Crippen MR) is 123 cm³/mol. The highest BCUT2D eigenvalue weighted by Crippen LogP contribution is 2.24. The van der Waals surface area contributed by atoms with Crippen molar-refractivity contribution in [2.24, 2.45) is 0 Å². The summed E-state index contributed by atoms with van der Waals surface area (Å²) in [5.41, 5.74) is 1.61. The highest BCUT2D eigenvalue weighted by molar-refractivity contribution is 9.10. The topological polar surface area (TPSA) is 84.9 Å². The first kappa shape index (κ1) is 24.1. The maximum Gasteiger partial charge on any atom is 0.410 e. The van der Waals surface area contributed by atoms with Crippen LogP contribution in [-0.4, -0.2) is 48.6 Å². The summed E-state index contributed by atoms with van der Waals surface area (Å²) >= 11 is 9.50. The number of benzene rings is 2. The summed E-state index contributed by atoms with van der Waals surface area (Å²) in [4.78, 5) is 39.3. The summed E-state index contributed by atoms with van der Waals surface area (Å²) < 4.78 is 11.0. The predicted octanol–water partition coefficient (Wildman–Crippen LogP) is 4.10. The Balaban J connectivity index is 1.65. The quantitative estimate of drug-likeness (QED) is 0.552. The van der Waals surface area contributed by atoms with E-state index in [9.17, 15) is 14.4 Å². The second-order valence-corrected chi connectivity index (χ2v) is 8.71. The standard InChI is InChI=1S/C23H24BrClN2O5/c1-31-22(29)19(13-16-12-17(25)9-10-18(16)24)26-21(28)20-8-5-11-27(20)23(30)32-14-15-6-3-2-4-7-15/h2-4,6-7,9-10,12,19-20H,5,8,11,13-14H2,1H3,(H,26,28)/t19-,20-/m1/s1. The number of esters is 1. The fraction of sp³-hybridized carbons (Fsp3) is 0.348. The van der Waals surface area contributed by atoms with E-state index in [2.05, 4.69) is 21.2 Å². The van der Waals surface area contributed by atoms with E-state index in [-0.39, 0.29) is 13.0 Å². The molecule has 1 saturated heterocycles. The zero-order chi connectivity index (χ0) is 23.1. The van der Waals surface area contributed by atoms with Crippen LogP contribution in [0, 0.1) is 0 Å². The Bertz CT molecular complexity index is 972. The van der Waals surface area contributed by atoms with E-state index in [1.54, 1.807) is 18.2 Å². The summed E-state index contributed by atoms with van der Waals surface area (Å²) in [6, 6.07) is 12.9. The number of hydrogen-bond acceptors (Lipinski definition) is 5. The summed E-state index contributed by atoms with van der Waals surface area (Å²) in [5.74, 6) is -1.01. The maximum absolute atomic E-state index is 13.0. The number of carbonyl (C=O) groups is 3. The zero-order valence-corrected chi connectivity index (χ0v) is 19.9. The molecule has 0 unspecified atom stereocenters. The van der Waals surface area contributed by atoms with Gasteiger partial charge in [0.2, 0.25) is 5.91 Å². The van der Waals surface area contributed by atoms with E-state index in [4.69, 9.17) is 21.1 Å². The first-order valence-corrected chi connectivity index (χ1v) is 11.4. The first-order chi connectivity index (χ1) is 15.4. The molecule has 2 aromatic carbocycles. The van der Waals surface area contributed by atoms with Gasteiger partial charge in [-0.1, -0.05) is 57.9 Å². The number of rotatable bonds is 7. The van der Waals surface area contributed by atoms with Crippen LogP contribution in [-0.2, 0) is 32.1 Å². The van der Waals surface area contributed by atoms with Gasteiger partial charge in [-0.3, -0.25) is 9.69 Å². The van der Waals surface area contributed by atoms with E-state index in [1.165, 1.54) is 12.0 Å². The molecule has 170 valence electrons. The lowest BCUT2D eigenvalue weighted by atomic mass is 10.1. The molecule has 0 spiro atoms. The van der Waals surface area contributed by atoms with E-state index in [1.807, 2.05) is 30.3 Å². The lowest BCUT2D eigenvalue weighted by molar-refractivity contribution is -0.145. The van der Waals surface area contributed by atoms with Crippen molar-refractivity contribution in [1.29, 1.82) is 0 Å². The van der Waals surface area contributed by atoms with Gasteiger partial charge in [-0.05, 0) is 42.2 Å². The van der Waals surface area contributed by atoms with Crippen LogP contribution in [0.4, 0.5) is 4.79 Å². The van der Waals surface area contributed by atoms with Crippen LogP contribution in [0.1, 0.15) is 24.0 Å². The molecule has 2 amide bonds. The lowest BCUT2D eigenvalue weighted by Crippen LogP contribution is -2.51. The third kappa shape index (κ3) is 6.23. The van der Waals surface area contributed by atoms with E-state index >= 15 is 0 Å². The van der Waals surface area contributed by atoms with Crippen molar-refractivity contribution >= 4 is 45.5 Å². The number of likely N-dealkylation sites (tertiary alicyclic amines) is 1. The second kappa shape index (κ2) is 11.3. The molecule has 2 aromatic rings. The zero-order valence-electron chi connectivity index (χ0n) is 17.6. The summed E-state index contributed by atoms with van der Waals surface area (Å²) in [7, 11) is 1.26. The SMILES string of the molecule is COC(=O)[C@@H](Cc1cc(Cl)ccc1Br)NC(=O)[C@H]1CCCN1C(=O)OCc1ccccc1. The van der Waals surface area contributed by atoms with Gasteiger partial charge in [-0.15, -0.1) is 0 Å². The van der Waals surface area contributed by atoms with Crippen molar-refractivity contribution in [3.05, 3.63) is 69.2 Å². The van der Waals surface area contributed by atoms with Gasteiger partial charge in [-0.25, -0.2) is 9.59 Å². The fourth-order valence-corrected chi connectivity index (χ4v) is 4.19. The molecule has 0 bridgehead atoms. The van der Waals surface area contributed by atoms with Crippen molar-refractivity contribution in [3.63, 3.8) is 0 Å². The number of ether oxygens (including phenoxy) is 2. The maximum atomic E-state index is 13.0. The van der Waals surface area contributed by atoms with E-state index in [0.29, 0.717) is 24.4 Å². The summed E-state index contributed by atoms with van der Waals surface area (Å²) in [5, 5.41) is 3.25. The highest BCUT2D eigenvalue weighted by atomic mass is 79.9. The number of amides is 2. The molecule has 32 heavy (non-hydrogen) atoms. The Kier molecular flexibility index (Phi) is 8.53. The molecule has 1 aliphatic heterocycles. The molecule has 0 saturated carbocycles. The molecule has 0 aliphatic carbocycles. The summed E-state index contributed by atoms with van der Waals surface area (Å²) in [6.45, 7) is 0.534. The normalized spacial score (nSPS) is 16.3. The molecular weight excluding hydrogens is 500 g/mol. The number of halogens is 2. The first-order valence-electron chi connectivity index (χ1n) is 10.2. The molecule has 9 heteroatoms. The average Bonchev–Trinajstić information content (AvgIpc) is 3.29. The monoisotopic (exact) mass is 522 g/mol. The lowest BCUT2D eigenvalue weighted by Gasteiger charge is -2.25. The minimum Gasteiger partial charge on any atom is -0.467 e. The second-order valence-electron chi connectivity index (χ2n) is 7.42. The smallest absolute Gasteiger partial charge is 0.410 e. The Morgan fingerprint density at radius 3 is 2.69 bits per heavy atom. The average molecular weight is 524 g/mol. The molecule has 1 aliphatic rings. The van der Waals surface area contributed by atoms with Gasteiger partial charge in [0.1, 0.15) is 18.7 Å². The summed E-state index contributed by atoms with van der Waals surface area (Å²) in [6.07, 6.45) is 0.784. The van der Waals surface area contributed by atoms with Gasteiger partial charge < -0.3 is 14.8 Å². The third-order valence-electron chi connectivity index (χ3n) is 5.23. The van der Waals surface area contributed by atoms with Crippen LogP contribution in [0.2, 0.25) is 5.02 Å². The molecule has 0 aromatic heterocycles. The van der Waals surface area contributed by atoms with Crippen LogP contribution in [0.15, 0.2) is 53.0 Å². The van der Waals surface area contributed by atoms with Gasteiger partial charge in [0.25, 0.3) is 0 Å². The van der Waals surface area contributed by atoms with Gasteiger partial charge in [-0.2, -0.15) is 0 Å². The molecule has 1 heterocycles. The number of nitrogens with zero attached hydrogens (tertiary/aromatic N) is 1. The Morgan fingerprint density at radius 1 is 1.22 bits per heavy atom. The van der Waals surface area contributed by atoms with Crippen LogP contribution < -0.4 is 5.32 Å². The fourth-order valence-electron chi connectivity index (χ4n) is 3.58. The van der Waals surface area contributed by atoms with Crippen LogP contribution in [0.5, 0.6) is 0 Å². The van der Waals surface area contributed by atoms with Crippen molar-refractivity contribution in [3.8, 4) is 0 Å². The van der Waals surface area contributed by atoms with Crippen molar-refractivity contribution < 1.29 is 23.9 Å². The van der Waals surface area contributed by atoms with Gasteiger partial charge >= 0.3 is 12.1 Å². The number of hydrogen-bond donors (Lipinski definition) is 1. The Morgan fingerprint density at radius 2 is 1.97 bits per heavy atom. The molecule has 2 atom stereocenters. The number of carbonyl (C=O) groups excluding carboxylic acids is 3.